The summed E-state index contributed by atoms with van der Waals surface area (Å²) in [5.41, 5.74) is 3.30. The van der Waals surface area contributed by atoms with Crippen LogP contribution in [0.5, 0.6) is 0 Å². The normalized spacial score (nSPS) is 28.3. The smallest absolute Gasteiger partial charge is 0.314 e. The van der Waals surface area contributed by atoms with Gasteiger partial charge in [-0.2, -0.15) is 8.78 Å². The van der Waals surface area contributed by atoms with Crippen molar-refractivity contribution in [2.24, 2.45) is 5.92 Å². The number of amides is 1. The van der Waals surface area contributed by atoms with Crippen LogP contribution in [0.3, 0.4) is 0 Å². The van der Waals surface area contributed by atoms with Gasteiger partial charge in [-0.3, -0.25) is 4.79 Å². The second-order valence-corrected chi connectivity index (χ2v) is 10.1. The number of hydrogen-bond donors (Lipinski definition) is 0. The van der Waals surface area contributed by atoms with Crippen LogP contribution in [0.2, 0.25) is 0 Å². The van der Waals surface area contributed by atoms with E-state index in [-0.39, 0.29) is 29.4 Å². The Labute approximate surface area is 202 Å². The minimum absolute atomic E-state index is 0.00184. The predicted octanol–water partition coefficient (Wildman–Crippen LogP) is 5.55. The van der Waals surface area contributed by atoms with Crippen molar-refractivity contribution in [2.45, 2.75) is 63.1 Å². The molecule has 3 heterocycles. The van der Waals surface area contributed by atoms with Crippen molar-refractivity contribution in [1.82, 2.24) is 15.1 Å². The summed E-state index contributed by atoms with van der Waals surface area (Å²) in [6, 6.07) is 16.0. The molecule has 1 aliphatic carbocycles. The Kier molecular flexibility index (Phi) is 5.44. The van der Waals surface area contributed by atoms with Crippen LogP contribution in [0.4, 0.5) is 8.78 Å². The Morgan fingerprint density at radius 2 is 1.94 bits per heavy atom. The van der Waals surface area contributed by atoms with Crippen LogP contribution in [0.1, 0.15) is 66.4 Å². The highest BCUT2D eigenvalue weighted by molar-refractivity contribution is 5.99. The zero-order chi connectivity index (χ0) is 24.2. The highest BCUT2D eigenvalue weighted by Gasteiger charge is 2.51. The molecule has 6 nitrogen and oxygen atoms in total. The molecule has 1 saturated heterocycles. The standard InChI is InChI=1S/C27H27F2N3O3/c1-27(19-7-3-2-4-8-19)15-34-22(27)16-6-5-9-20(12-16)32-14-18-11-10-17(13-21(18)26(32)33)24-30-31-25(35-24)23(28)29/h2-4,7-8,10-11,13,16,20,22-23H,5-6,9,12,14-15H2,1H3. The molecular formula is C27H27F2N3O3. The molecule has 6 rings (SSSR count). The van der Waals surface area contributed by atoms with E-state index in [0.29, 0.717) is 23.6 Å². The van der Waals surface area contributed by atoms with Gasteiger partial charge in [0.05, 0.1) is 12.7 Å². The third-order valence-corrected chi connectivity index (χ3v) is 8.00. The first-order valence-corrected chi connectivity index (χ1v) is 12.2. The third-order valence-electron chi connectivity index (χ3n) is 8.00. The number of benzene rings is 2. The molecule has 3 aliphatic rings. The van der Waals surface area contributed by atoms with Crippen molar-refractivity contribution in [3.05, 3.63) is 71.1 Å². The molecule has 0 spiro atoms. The lowest BCUT2D eigenvalue weighted by molar-refractivity contribution is -0.167. The molecule has 0 bridgehead atoms. The van der Waals surface area contributed by atoms with Crippen molar-refractivity contribution < 1.29 is 22.7 Å². The Morgan fingerprint density at radius 3 is 2.66 bits per heavy atom. The minimum Gasteiger partial charge on any atom is -0.415 e. The average molecular weight is 480 g/mol. The van der Waals surface area contributed by atoms with E-state index in [1.807, 2.05) is 17.0 Å². The van der Waals surface area contributed by atoms with Gasteiger partial charge in [-0.25, -0.2) is 0 Å². The van der Waals surface area contributed by atoms with Gasteiger partial charge in [-0.1, -0.05) is 49.7 Å². The molecule has 4 atom stereocenters. The lowest BCUT2D eigenvalue weighted by Gasteiger charge is -2.53. The molecule has 1 saturated carbocycles. The van der Waals surface area contributed by atoms with E-state index in [9.17, 15) is 13.6 Å². The summed E-state index contributed by atoms with van der Waals surface area (Å²) in [6.45, 7) is 3.57. The topological polar surface area (TPSA) is 68.5 Å². The number of carbonyl (C=O) groups is 1. The Morgan fingerprint density at radius 1 is 1.11 bits per heavy atom. The summed E-state index contributed by atoms with van der Waals surface area (Å²) in [7, 11) is 0. The van der Waals surface area contributed by atoms with E-state index in [1.54, 1.807) is 12.1 Å². The number of halogens is 2. The van der Waals surface area contributed by atoms with Crippen molar-refractivity contribution in [1.29, 1.82) is 0 Å². The zero-order valence-corrected chi connectivity index (χ0v) is 19.5. The fourth-order valence-electron chi connectivity index (χ4n) is 6.10. The summed E-state index contributed by atoms with van der Waals surface area (Å²) in [4.78, 5) is 15.4. The van der Waals surface area contributed by atoms with Gasteiger partial charge in [0.2, 0.25) is 5.89 Å². The van der Waals surface area contributed by atoms with Crippen LogP contribution in [-0.4, -0.2) is 39.8 Å². The van der Waals surface area contributed by atoms with Crippen LogP contribution in [0, 0.1) is 5.92 Å². The Balaban J connectivity index is 1.19. The first-order chi connectivity index (χ1) is 16.9. The maximum absolute atomic E-state index is 13.4. The van der Waals surface area contributed by atoms with Gasteiger partial charge >= 0.3 is 6.43 Å². The van der Waals surface area contributed by atoms with E-state index in [2.05, 4.69) is 41.4 Å². The van der Waals surface area contributed by atoms with Gasteiger partial charge < -0.3 is 14.1 Å². The molecule has 0 N–H and O–H groups in total. The molecule has 2 fully saturated rings. The summed E-state index contributed by atoms with van der Waals surface area (Å²) in [5.74, 6) is -0.357. The zero-order valence-electron chi connectivity index (χ0n) is 19.5. The molecular weight excluding hydrogens is 452 g/mol. The number of rotatable bonds is 5. The van der Waals surface area contributed by atoms with Crippen LogP contribution < -0.4 is 0 Å². The van der Waals surface area contributed by atoms with E-state index in [0.717, 1.165) is 37.9 Å². The summed E-state index contributed by atoms with van der Waals surface area (Å²) >= 11 is 0. The van der Waals surface area contributed by atoms with Gasteiger partial charge in [0.1, 0.15) is 0 Å². The number of aromatic nitrogens is 2. The van der Waals surface area contributed by atoms with Gasteiger partial charge in [0, 0.05) is 29.1 Å². The highest BCUT2D eigenvalue weighted by atomic mass is 19.3. The molecule has 8 heteroatoms. The van der Waals surface area contributed by atoms with Crippen molar-refractivity contribution >= 4 is 5.91 Å². The summed E-state index contributed by atoms with van der Waals surface area (Å²) in [6.07, 6.45) is 1.38. The fraction of sp³-hybridized carbons (Fsp3) is 0.444. The van der Waals surface area contributed by atoms with Crippen LogP contribution in [0.25, 0.3) is 11.5 Å². The van der Waals surface area contributed by atoms with Crippen LogP contribution in [0.15, 0.2) is 52.9 Å². The lowest BCUT2D eigenvalue weighted by atomic mass is 9.65. The molecule has 2 aromatic carbocycles. The molecule has 1 amide bonds. The van der Waals surface area contributed by atoms with E-state index < -0.39 is 12.3 Å². The van der Waals surface area contributed by atoms with Crippen LogP contribution >= 0.6 is 0 Å². The summed E-state index contributed by atoms with van der Waals surface area (Å²) < 4.78 is 36.9. The van der Waals surface area contributed by atoms with Gasteiger partial charge in [0.25, 0.3) is 11.8 Å². The Bertz CT molecular complexity index is 1250. The predicted molar refractivity (Wildman–Crippen MR) is 124 cm³/mol. The first kappa shape index (κ1) is 22.3. The largest absolute Gasteiger partial charge is 0.415 e. The van der Waals surface area contributed by atoms with Crippen molar-refractivity contribution in [3.63, 3.8) is 0 Å². The number of alkyl halides is 2. The Hall–Kier alpha value is -3.13. The third kappa shape index (κ3) is 3.75. The van der Waals surface area contributed by atoms with Crippen LogP contribution in [-0.2, 0) is 16.7 Å². The molecule has 182 valence electrons. The maximum Gasteiger partial charge on any atom is 0.314 e. The van der Waals surface area contributed by atoms with Gasteiger partial charge in [-0.05, 0) is 48.4 Å². The van der Waals surface area contributed by atoms with Gasteiger partial charge in [0.15, 0.2) is 0 Å². The van der Waals surface area contributed by atoms with E-state index in [1.165, 1.54) is 5.56 Å². The number of fused-ring (bicyclic) bond motifs is 1. The fourth-order valence-corrected chi connectivity index (χ4v) is 6.10. The molecule has 2 aliphatic heterocycles. The quantitative estimate of drug-likeness (QED) is 0.480. The molecule has 1 aromatic heterocycles. The number of carbonyl (C=O) groups excluding carboxylic acids is 1. The average Bonchev–Trinajstić information content (AvgIpc) is 3.49. The number of nitrogens with zero attached hydrogens (tertiary/aromatic N) is 3. The minimum atomic E-state index is -2.83. The van der Waals surface area contributed by atoms with Crippen molar-refractivity contribution in [2.75, 3.05) is 6.61 Å². The number of hydrogen-bond acceptors (Lipinski definition) is 5. The summed E-state index contributed by atoms with van der Waals surface area (Å²) in [5, 5.41) is 7.11. The molecule has 4 unspecified atom stereocenters. The monoisotopic (exact) mass is 479 g/mol. The molecule has 3 aromatic rings. The van der Waals surface area contributed by atoms with Gasteiger partial charge in [-0.15, -0.1) is 10.2 Å². The SMILES string of the molecule is CC1(c2ccccc2)COC1C1CCCC(N2Cc3ccc(-c4nnc(C(F)F)o4)cc3C2=O)C1. The highest BCUT2D eigenvalue weighted by Crippen LogP contribution is 2.47. The van der Waals surface area contributed by atoms with E-state index in [4.69, 9.17) is 9.15 Å². The molecule has 35 heavy (non-hydrogen) atoms. The second kappa shape index (κ2) is 8.52. The maximum atomic E-state index is 13.4. The lowest BCUT2D eigenvalue weighted by Crippen LogP contribution is -2.58. The molecule has 0 radical (unpaired) electrons. The second-order valence-electron chi connectivity index (χ2n) is 10.1. The van der Waals surface area contributed by atoms with Crippen molar-refractivity contribution in [3.8, 4) is 11.5 Å². The number of ether oxygens (including phenoxy) is 1. The first-order valence-electron chi connectivity index (χ1n) is 12.2. The van der Waals surface area contributed by atoms with E-state index >= 15 is 0 Å².